The van der Waals surface area contributed by atoms with Crippen molar-refractivity contribution in [3.8, 4) is 0 Å². The second kappa shape index (κ2) is 4.97. The molecule has 0 saturated carbocycles. The SMILES string of the molecule is CCc1c(C(=O)Nc2c(C)n[nH]c2C)cnc2ncnn12. The van der Waals surface area contributed by atoms with Crippen LogP contribution in [0.15, 0.2) is 12.5 Å². The van der Waals surface area contributed by atoms with Crippen LogP contribution < -0.4 is 5.32 Å². The van der Waals surface area contributed by atoms with E-state index in [4.69, 9.17) is 0 Å². The van der Waals surface area contributed by atoms with E-state index in [9.17, 15) is 4.79 Å². The highest BCUT2D eigenvalue weighted by atomic mass is 16.1. The molecule has 0 atom stereocenters. The fourth-order valence-electron chi connectivity index (χ4n) is 2.27. The molecule has 0 aliphatic heterocycles. The second-order valence-electron chi connectivity index (χ2n) is 4.71. The average Bonchev–Trinajstić information content (AvgIpc) is 3.07. The molecule has 0 aromatic carbocycles. The Balaban J connectivity index is 2.02. The van der Waals surface area contributed by atoms with Crippen LogP contribution in [-0.4, -0.2) is 35.7 Å². The van der Waals surface area contributed by atoms with Crippen molar-refractivity contribution in [3.63, 3.8) is 0 Å². The molecule has 0 saturated heterocycles. The summed E-state index contributed by atoms with van der Waals surface area (Å²) in [5.74, 6) is 0.253. The Morgan fingerprint density at radius 2 is 2.19 bits per heavy atom. The highest BCUT2D eigenvalue weighted by Crippen LogP contribution is 2.18. The molecule has 0 aliphatic rings. The molecule has 0 spiro atoms. The molecule has 3 heterocycles. The zero-order valence-electron chi connectivity index (χ0n) is 12.0. The van der Waals surface area contributed by atoms with Crippen LogP contribution >= 0.6 is 0 Å². The fourth-order valence-corrected chi connectivity index (χ4v) is 2.27. The number of carbonyl (C=O) groups is 1. The number of hydrogen-bond acceptors (Lipinski definition) is 5. The second-order valence-corrected chi connectivity index (χ2v) is 4.71. The van der Waals surface area contributed by atoms with E-state index in [-0.39, 0.29) is 5.91 Å². The van der Waals surface area contributed by atoms with E-state index in [2.05, 4.69) is 30.6 Å². The molecule has 1 amide bonds. The van der Waals surface area contributed by atoms with Crippen molar-refractivity contribution in [1.82, 2.24) is 29.8 Å². The highest BCUT2D eigenvalue weighted by molar-refractivity contribution is 6.05. The Bertz CT molecular complexity index is 798. The summed E-state index contributed by atoms with van der Waals surface area (Å²) in [5, 5.41) is 13.9. The van der Waals surface area contributed by atoms with E-state index in [1.54, 1.807) is 4.52 Å². The van der Waals surface area contributed by atoms with Gasteiger partial charge in [0, 0.05) is 6.20 Å². The number of aromatic nitrogens is 6. The Morgan fingerprint density at radius 3 is 2.86 bits per heavy atom. The summed E-state index contributed by atoms with van der Waals surface area (Å²) in [4.78, 5) is 20.7. The predicted octanol–water partition coefficient (Wildman–Crippen LogP) is 1.28. The summed E-state index contributed by atoms with van der Waals surface area (Å²) in [7, 11) is 0. The molecule has 8 heteroatoms. The summed E-state index contributed by atoms with van der Waals surface area (Å²) in [5.41, 5.74) is 3.51. The Labute approximate surface area is 120 Å². The molecule has 0 unspecified atom stereocenters. The molecule has 3 aromatic rings. The molecule has 3 rings (SSSR count). The number of nitrogens with one attached hydrogen (secondary N) is 2. The number of hydrogen-bond donors (Lipinski definition) is 2. The van der Waals surface area contributed by atoms with Crippen molar-refractivity contribution in [3.05, 3.63) is 35.2 Å². The number of rotatable bonds is 3. The van der Waals surface area contributed by atoms with Gasteiger partial charge >= 0.3 is 0 Å². The maximum Gasteiger partial charge on any atom is 0.259 e. The minimum absolute atomic E-state index is 0.232. The van der Waals surface area contributed by atoms with Crippen LogP contribution in [0.1, 0.15) is 34.4 Å². The first-order valence-corrected chi connectivity index (χ1v) is 6.62. The molecular weight excluding hydrogens is 270 g/mol. The Hall–Kier alpha value is -2.77. The molecule has 108 valence electrons. The van der Waals surface area contributed by atoms with Crippen LogP contribution in [0.2, 0.25) is 0 Å². The van der Waals surface area contributed by atoms with Gasteiger partial charge in [-0.3, -0.25) is 9.89 Å². The number of fused-ring (bicyclic) bond motifs is 1. The van der Waals surface area contributed by atoms with E-state index >= 15 is 0 Å². The van der Waals surface area contributed by atoms with Gasteiger partial charge in [0.2, 0.25) is 0 Å². The molecule has 2 N–H and O–H groups in total. The number of amides is 1. The third-order valence-electron chi connectivity index (χ3n) is 3.35. The third-order valence-corrected chi connectivity index (χ3v) is 3.35. The van der Waals surface area contributed by atoms with Gasteiger partial charge in [-0.05, 0) is 20.3 Å². The zero-order chi connectivity index (χ0) is 15.0. The number of anilines is 1. The van der Waals surface area contributed by atoms with Crippen LogP contribution in [0, 0.1) is 13.8 Å². The van der Waals surface area contributed by atoms with Crippen molar-refractivity contribution in [2.45, 2.75) is 27.2 Å². The summed E-state index contributed by atoms with van der Waals surface area (Å²) >= 11 is 0. The minimum atomic E-state index is -0.232. The van der Waals surface area contributed by atoms with E-state index < -0.39 is 0 Å². The first kappa shape index (κ1) is 13.2. The standard InChI is InChI=1S/C13H15N7O/c1-4-10-9(5-14-13-15-6-16-20(10)13)12(21)17-11-7(2)18-19-8(11)3/h5-6H,4H2,1-3H3,(H,17,21)(H,18,19). The van der Waals surface area contributed by atoms with Crippen molar-refractivity contribution in [1.29, 1.82) is 0 Å². The lowest BCUT2D eigenvalue weighted by molar-refractivity contribution is 0.102. The van der Waals surface area contributed by atoms with Crippen molar-refractivity contribution in [2.24, 2.45) is 0 Å². The molecule has 0 radical (unpaired) electrons. The lowest BCUT2D eigenvalue weighted by Gasteiger charge is -2.09. The molecule has 0 aliphatic carbocycles. The topological polar surface area (TPSA) is 101 Å². The van der Waals surface area contributed by atoms with Gasteiger partial charge < -0.3 is 5.32 Å². The number of carbonyl (C=O) groups excluding carboxylic acids is 1. The van der Waals surface area contributed by atoms with Gasteiger partial charge in [0.25, 0.3) is 11.7 Å². The van der Waals surface area contributed by atoms with E-state index in [0.717, 1.165) is 17.1 Å². The summed E-state index contributed by atoms with van der Waals surface area (Å²) in [6.45, 7) is 5.65. The van der Waals surface area contributed by atoms with Gasteiger partial charge in [0.15, 0.2) is 0 Å². The molecular formula is C13H15N7O. The lowest BCUT2D eigenvalue weighted by Crippen LogP contribution is -2.18. The normalized spacial score (nSPS) is 11.0. The fraction of sp³-hybridized carbons (Fsp3) is 0.308. The van der Waals surface area contributed by atoms with E-state index in [0.29, 0.717) is 23.4 Å². The predicted molar refractivity (Wildman–Crippen MR) is 76.2 cm³/mol. The van der Waals surface area contributed by atoms with Crippen LogP contribution in [0.25, 0.3) is 5.78 Å². The molecule has 3 aromatic heterocycles. The minimum Gasteiger partial charge on any atom is -0.319 e. The highest BCUT2D eigenvalue weighted by Gasteiger charge is 2.18. The largest absolute Gasteiger partial charge is 0.319 e. The Morgan fingerprint density at radius 1 is 1.38 bits per heavy atom. The Kier molecular flexibility index (Phi) is 3.13. The molecule has 0 fully saturated rings. The van der Waals surface area contributed by atoms with E-state index in [1.165, 1.54) is 12.5 Å². The van der Waals surface area contributed by atoms with Gasteiger partial charge in [-0.15, -0.1) is 0 Å². The van der Waals surface area contributed by atoms with E-state index in [1.807, 2.05) is 20.8 Å². The smallest absolute Gasteiger partial charge is 0.259 e. The van der Waals surface area contributed by atoms with Crippen molar-refractivity contribution in [2.75, 3.05) is 5.32 Å². The molecule has 21 heavy (non-hydrogen) atoms. The zero-order valence-corrected chi connectivity index (χ0v) is 12.0. The van der Waals surface area contributed by atoms with Gasteiger partial charge in [0.05, 0.1) is 28.3 Å². The molecule has 8 nitrogen and oxygen atoms in total. The van der Waals surface area contributed by atoms with Gasteiger partial charge in [-0.1, -0.05) is 6.92 Å². The third kappa shape index (κ3) is 2.14. The number of aryl methyl sites for hydroxylation is 3. The average molecular weight is 285 g/mol. The van der Waals surface area contributed by atoms with Crippen LogP contribution in [-0.2, 0) is 6.42 Å². The lowest BCUT2D eigenvalue weighted by atomic mass is 10.1. The monoisotopic (exact) mass is 285 g/mol. The summed E-state index contributed by atoms with van der Waals surface area (Å²) in [6.07, 6.45) is 3.60. The van der Waals surface area contributed by atoms with Crippen LogP contribution in [0.5, 0.6) is 0 Å². The summed E-state index contributed by atoms with van der Waals surface area (Å²) < 4.78 is 1.59. The maximum absolute atomic E-state index is 12.5. The number of H-pyrrole nitrogens is 1. The van der Waals surface area contributed by atoms with Crippen molar-refractivity contribution >= 4 is 17.4 Å². The first-order chi connectivity index (χ1) is 10.1. The van der Waals surface area contributed by atoms with Crippen LogP contribution in [0.3, 0.4) is 0 Å². The van der Waals surface area contributed by atoms with Crippen molar-refractivity contribution < 1.29 is 4.79 Å². The molecule has 0 bridgehead atoms. The first-order valence-electron chi connectivity index (χ1n) is 6.62. The quantitative estimate of drug-likeness (QED) is 0.755. The summed E-state index contributed by atoms with van der Waals surface area (Å²) in [6, 6.07) is 0. The van der Waals surface area contributed by atoms with Gasteiger partial charge in [-0.2, -0.15) is 15.2 Å². The number of aromatic amines is 1. The number of nitrogens with zero attached hydrogens (tertiary/aromatic N) is 5. The van der Waals surface area contributed by atoms with Gasteiger partial charge in [0.1, 0.15) is 6.33 Å². The van der Waals surface area contributed by atoms with Crippen LogP contribution in [0.4, 0.5) is 5.69 Å². The maximum atomic E-state index is 12.5. The van der Waals surface area contributed by atoms with Gasteiger partial charge in [-0.25, -0.2) is 9.50 Å².